The van der Waals surface area contributed by atoms with Gasteiger partial charge in [-0.2, -0.15) is 0 Å². The number of aryl methyl sites for hydroxylation is 1. The molecular formula is C11H13IO3S. The lowest BCUT2D eigenvalue weighted by Crippen LogP contribution is -2.16. The first-order chi connectivity index (χ1) is 7.72. The summed E-state index contributed by atoms with van der Waals surface area (Å²) in [5.74, 6) is 1.17. The second-order valence-corrected chi connectivity index (χ2v) is 5.63. The molecule has 3 nitrogen and oxygen atoms in total. The van der Waals surface area contributed by atoms with Crippen molar-refractivity contribution < 1.29 is 14.3 Å². The predicted octanol–water partition coefficient (Wildman–Crippen LogP) is 3.00. The van der Waals surface area contributed by atoms with Crippen molar-refractivity contribution in [1.29, 1.82) is 0 Å². The highest BCUT2D eigenvalue weighted by atomic mass is 127. The minimum absolute atomic E-state index is 0.0324. The van der Waals surface area contributed by atoms with Crippen LogP contribution in [0.25, 0.3) is 0 Å². The molecule has 0 aromatic heterocycles. The van der Waals surface area contributed by atoms with Gasteiger partial charge in [0.2, 0.25) is 0 Å². The Morgan fingerprint density at radius 1 is 1.50 bits per heavy atom. The van der Waals surface area contributed by atoms with E-state index in [2.05, 4.69) is 21.2 Å². The van der Waals surface area contributed by atoms with Crippen molar-refractivity contribution in [3.05, 3.63) is 29.8 Å². The van der Waals surface area contributed by atoms with Crippen LogP contribution >= 0.6 is 30.1 Å². The highest BCUT2D eigenvalue weighted by Crippen LogP contribution is 2.12. The Labute approximate surface area is 111 Å². The summed E-state index contributed by atoms with van der Waals surface area (Å²) in [6.07, 6.45) is 0. The minimum atomic E-state index is -0.327. The summed E-state index contributed by atoms with van der Waals surface area (Å²) in [4.78, 5) is 11.2. The SMILES string of the molecule is Cc1cccc(OCC(=O)OCCSI)c1. The molecule has 88 valence electrons. The number of rotatable bonds is 6. The fourth-order valence-electron chi connectivity index (χ4n) is 1.08. The summed E-state index contributed by atoms with van der Waals surface area (Å²) in [6.45, 7) is 2.38. The van der Waals surface area contributed by atoms with Crippen molar-refractivity contribution in [1.82, 2.24) is 0 Å². The van der Waals surface area contributed by atoms with Crippen LogP contribution in [0.4, 0.5) is 0 Å². The standard InChI is InChI=1S/C11H13IO3S/c1-9-3-2-4-10(7-9)15-8-11(13)14-5-6-16-12/h2-4,7H,5-6,8H2,1H3. The Bertz CT molecular complexity index is 344. The second-order valence-electron chi connectivity index (χ2n) is 3.14. The van der Waals surface area contributed by atoms with Gasteiger partial charge in [-0.1, -0.05) is 21.1 Å². The summed E-state index contributed by atoms with van der Waals surface area (Å²) < 4.78 is 10.2. The molecule has 0 saturated heterocycles. The third kappa shape index (κ3) is 5.60. The molecule has 0 saturated carbocycles. The molecule has 0 amide bonds. The Morgan fingerprint density at radius 3 is 3.00 bits per heavy atom. The fourth-order valence-corrected chi connectivity index (χ4v) is 1.76. The molecular weight excluding hydrogens is 339 g/mol. The summed E-state index contributed by atoms with van der Waals surface area (Å²) in [5, 5.41) is 0. The van der Waals surface area contributed by atoms with Crippen LogP contribution in [0.2, 0.25) is 0 Å². The number of hydrogen-bond acceptors (Lipinski definition) is 4. The normalized spacial score (nSPS) is 9.88. The van der Waals surface area contributed by atoms with Gasteiger partial charge in [0.15, 0.2) is 6.61 Å². The van der Waals surface area contributed by atoms with Gasteiger partial charge in [0, 0.05) is 5.75 Å². The van der Waals surface area contributed by atoms with Crippen molar-refractivity contribution in [3.8, 4) is 5.75 Å². The van der Waals surface area contributed by atoms with Gasteiger partial charge in [0.25, 0.3) is 0 Å². The Balaban J connectivity index is 2.26. The molecule has 0 N–H and O–H groups in total. The van der Waals surface area contributed by atoms with E-state index in [9.17, 15) is 4.79 Å². The predicted molar refractivity (Wildman–Crippen MR) is 74.1 cm³/mol. The van der Waals surface area contributed by atoms with Crippen LogP contribution in [-0.4, -0.2) is 24.9 Å². The van der Waals surface area contributed by atoms with Crippen LogP contribution in [0.3, 0.4) is 0 Å². The van der Waals surface area contributed by atoms with Gasteiger partial charge in [-0.3, -0.25) is 0 Å². The minimum Gasteiger partial charge on any atom is -0.482 e. The monoisotopic (exact) mass is 352 g/mol. The number of halogens is 1. The molecule has 0 spiro atoms. The highest BCUT2D eigenvalue weighted by molar-refractivity contribution is 14.2. The van der Waals surface area contributed by atoms with Crippen LogP contribution in [0.1, 0.15) is 5.56 Å². The third-order valence-electron chi connectivity index (χ3n) is 1.77. The molecule has 5 heteroatoms. The lowest BCUT2D eigenvalue weighted by atomic mass is 10.2. The van der Waals surface area contributed by atoms with E-state index in [4.69, 9.17) is 9.47 Å². The largest absolute Gasteiger partial charge is 0.482 e. The molecule has 1 rings (SSSR count). The maximum atomic E-state index is 11.2. The third-order valence-corrected chi connectivity index (χ3v) is 3.41. The zero-order valence-electron chi connectivity index (χ0n) is 8.94. The Morgan fingerprint density at radius 2 is 2.31 bits per heavy atom. The number of benzene rings is 1. The van der Waals surface area contributed by atoms with E-state index in [-0.39, 0.29) is 12.6 Å². The van der Waals surface area contributed by atoms with E-state index in [0.29, 0.717) is 12.4 Å². The smallest absolute Gasteiger partial charge is 0.344 e. The van der Waals surface area contributed by atoms with Crippen molar-refractivity contribution >= 4 is 36.1 Å². The van der Waals surface area contributed by atoms with Crippen LogP contribution < -0.4 is 4.74 Å². The Hall–Kier alpha value is -0.430. The van der Waals surface area contributed by atoms with Gasteiger partial charge in [-0.25, -0.2) is 4.79 Å². The van der Waals surface area contributed by atoms with Gasteiger partial charge in [0.1, 0.15) is 12.4 Å². The molecule has 1 aromatic carbocycles. The average Bonchev–Trinajstić information content (AvgIpc) is 2.27. The van der Waals surface area contributed by atoms with E-state index in [1.165, 1.54) is 0 Å². The summed E-state index contributed by atoms with van der Waals surface area (Å²) >= 11 is 2.16. The van der Waals surface area contributed by atoms with Crippen LogP contribution in [0, 0.1) is 6.92 Å². The van der Waals surface area contributed by atoms with E-state index in [1.807, 2.05) is 31.2 Å². The average molecular weight is 352 g/mol. The molecule has 0 atom stereocenters. The van der Waals surface area contributed by atoms with Gasteiger partial charge in [0.05, 0.1) is 0 Å². The topological polar surface area (TPSA) is 35.5 Å². The molecule has 0 heterocycles. The summed E-state index contributed by atoms with van der Waals surface area (Å²) in [7, 11) is 1.61. The number of hydrogen-bond donors (Lipinski definition) is 0. The molecule has 1 aromatic rings. The number of carbonyl (C=O) groups excluding carboxylic acids is 1. The summed E-state index contributed by atoms with van der Waals surface area (Å²) in [5.41, 5.74) is 1.10. The first-order valence-electron chi connectivity index (χ1n) is 4.81. The van der Waals surface area contributed by atoms with Crippen molar-refractivity contribution in [3.63, 3.8) is 0 Å². The first kappa shape index (κ1) is 13.6. The molecule has 0 aliphatic carbocycles. The second kappa shape index (κ2) is 7.78. The van der Waals surface area contributed by atoms with E-state index >= 15 is 0 Å². The zero-order valence-corrected chi connectivity index (χ0v) is 11.9. The van der Waals surface area contributed by atoms with Crippen LogP contribution in [0.5, 0.6) is 5.75 Å². The molecule has 0 fully saturated rings. The van der Waals surface area contributed by atoms with Crippen LogP contribution in [0.15, 0.2) is 24.3 Å². The quantitative estimate of drug-likeness (QED) is 0.448. The lowest BCUT2D eigenvalue weighted by molar-refractivity contribution is -0.145. The van der Waals surface area contributed by atoms with Crippen molar-refractivity contribution in [2.45, 2.75) is 6.92 Å². The number of esters is 1. The lowest BCUT2D eigenvalue weighted by Gasteiger charge is -2.06. The molecule has 0 radical (unpaired) electrons. The zero-order chi connectivity index (χ0) is 11.8. The number of carbonyl (C=O) groups is 1. The van der Waals surface area contributed by atoms with Crippen molar-refractivity contribution in [2.75, 3.05) is 19.0 Å². The fraction of sp³-hybridized carbons (Fsp3) is 0.364. The molecule has 0 aliphatic heterocycles. The molecule has 0 unspecified atom stereocenters. The molecule has 0 bridgehead atoms. The van der Waals surface area contributed by atoms with Crippen molar-refractivity contribution in [2.24, 2.45) is 0 Å². The van der Waals surface area contributed by atoms with E-state index in [0.717, 1.165) is 11.3 Å². The highest BCUT2D eigenvalue weighted by Gasteiger charge is 2.03. The summed E-state index contributed by atoms with van der Waals surface area (Å²) in [6, 6.07) is 7.57. The van der Waals surface area contributed by atoms with Gasteiger partial charge in [-0.15, -0.1) is 0 Å². The van der Waals surface area contributed by atoms with Gasteiger partial charge < -0.3 is 9.47 Å². The number of ether oxygens (including phenoxy) is 2. The van der Waals surface area contributed by atoms with E-state index < -0.39 is 0 Å². The first-order valence-corrected chi connectivity index (χ1v) is 8.34. The Kier molecular flexibility index (Phi) is 6.63. The molecule has 16 heavy (non-hydrogen) atoms. The maximum Gasteiger partial charge on any atom is 0.344 e. The van der Waals surface area contributed by atoms with E-state index in [1.54, 1.807) is 8.93 Å². The molecule has 0 aliphatic rings. The maximum absolute atomic E-state index is 11.2. The van der Waals surface area contributed by atoms with Crippen LogP contribution in [-0.2, 0) is 9.53 Å². The van der Waals surface area contributed by atoms with Gasteiger partial charge in [-0.05, 0) is 45.8 Å². The van der Waals surface area contributed by atoms with Gasteiger partial charge >= 0.3 is 5.97 Å².